The first-order chi connectivity index (χ1) is 33.9. The monoisotopic (exact) mass is 1050 g/mol. The molecule has 2 aliphatic rings. The van der Waals surface area contributed by atoms with Gasteiger partial charge in [-0.3, -0.25) is 24.4 Å². The second-order valence-electron chi connectivity index (χ2n) is 16.8. The Bertz CT molecular complexity index is 2800. The van der Waals surface area contributed by atoms with Gasteiger partial charge in [-0.2, -0.15) is 0 Å². The minimum Gasteiger partial charge on any atom is -0.456 e. The number of thiophene rings is 2. The number of aromatic nitrogens is 2. The van der Waals surface area contributed by atoms with Crippen molar-refractivity contribution in [1.82, 2.24) is 9.97 Å². The van der Waals surface area contributed by atoms with E-state index >= 15 is 0 Å². The van der Waals surface area contributed by atoms with Crippen LogP contribution in [-0.4, -0.2) is 104 Å². The van der Waals surface area contributed by atoms with Gasteiger partial charge in [0.25, 0.3) is 0 Å². The van der Waals surface area contributed by atoms with E-state index in [0.29, 0.717) is 51.8 Å². The molecule has 10 atom stereocenters. The van der Waals surface area contributed by atoms with Gasteiger partial charge in [0.15, 0.2) is 18.3 Å². The van der Waals surface area contributed by atoms with Crippen molar-refractivity contribution >= 4 is 63.8 Å². The number of halogens is 4. The molecule has 6 aromatic rings. The molecule has 0 bridgehead atoms. The van der Waals surface area contributed by atoms with Gasteiger partial charge in [0.2, 0.25) is 0 Å². The van der Waals surface area contributed by atoms with Crippen LogP contribution in [-0.2, 0) is 50.9 Å². The molecule has 6 heterocycles. The first-order valence-electron chi connectivity index (χ1n) is 22.4. The van der Waals surface area contributed by atoms with Crippen LogP contribution >= 0.6 is 45.9 Å². The molecule has 14 nitrogen and oxygen atoms in total. The highest BCUT2D eigenvalue weighted by atomic mass is 35.5. The highest BCUT2D eigenvalue weighted by Gasteiger charge is 2.51. The number of aliphatic hydroxyl groups is 4. The number of aliphatic hydroxyl groups excluding tert-OH is 4. The second-order valence-corrected chi connectivity index (χ2v) is 19.9. The molecule has 2 fully saturated rings. The number of benzene rings is 2. The van der Waals surface area contributed by atoms with E-state index in [1.807, 2.05) is 37.3 Å². The zero-order chi connectivity index (χ0) is 51.1. The van der Waals surface area contributed by atoms with E-state index in [-0.39, 0.29) is 0 Å². The molecule has 0 saturated carbocycles. The largest absolute Gasteiger partial charge is 0.456 e. The average molecular weight is 1060 g/mol. The summed E-state index contributed by atoms with van der Waals surface area (Å²) in [5, 5.41) is 40.9. The predicted octanol–water partition coefficient (Wildman–Crippen LogP) is 8.55. The van der Waals surface area contributed by atoms with Crippen molar-refractivity contribution in [3.63, 3.8) is 0 Å². The lowest BCUT2D eigenvalue weighted by Gasteiger charge is -2.44. The minimum absolute atomic E-state index is 0.391. The van der Waals surface area contributed by atoms with Crippen molar-refractivity contribution in [2.45, 2.75) is 108 Å². The Morgan fingerprint density at radius 2 is 1.07 bits per heavy atom. The predicted molar refractivity (Wildman–Crippen MR) is 261 cm³/mol. The van der Waals surface area contributed by atoms with Crippen molar-refractivity contribution in [2.24, 2.45) is 0 Å². The Kier molecular flexibility index (Phi) is 18.1. The smallest absolute Gasteiger partial charge is 0.303 e. The molecule has 0 amide bonds. The lowest BCUT2D eigenvalue weighted by Crippen LogP contribution is -2.58. The third kappa shape index (κ3) is 13.2. The van der Waals surface area contributed by atoms with Crippen LogP contribution in [0.4, 0.5) is 8.78 Å². The van der Waals surface area contributed by atoms with Crippen molar-refractivity contribution in [2.75, 3.05) is 6.61 Å². The maximum absolute atomic E-state index is 13.3. The summed E-state index contributed by atoms with van der Waals surface area (Å²) in [6.45, 7) is 5.09. The number of ether oxygens (including phenoxy) is 5. The Morgan fingerprint density at radius 1 is 0.606 bits per heavy atom. The third-order valence-corrected chi connectivity index (χ3v) is 14.6. The molecule has 0 radical (unpaired) electrons. The number of rotatable bonds is 13. The number of pyridine rings is 2. The van der Waals surface area contributed by atoms with Gasteiger partial charge in [-0.15, -0.1) is 22.7 Å². The Morgan fingerprint density at radius 3 is 1.52 bits per heavy atom. The van der Waals surface area contributed by atoms with Crippen LogP contribution in [0.1, 0.15) is 78.3 Å². The van der Waals surface area contributed by atoms with Crippen LogP contribution in [0.15, 0.2) is 97.3 Å². The number of hydrogen-bond acceptors (Lipinski definition) is 16. The topological polar surface area (TPSA) is 204 Å². The third-order valence-electron chi connectivity index (χ3n) is 11.6. The van der Waals surface area contributed by atoms with E-state index < -0.39 is 97.2 Å². The number of hydrogen-bond donors (Lipinski definition) is 4. The summed E-state index contributed by atoms with van der Waals surface area (Å²) in [4.78, 5) is 48.1. The van der Waals surface area contributed by atoms with Gasteiger partial charge in [0, 0.05) is 53.4 Å². The number of carbonyl (C=O) groups excluding carboxylic acids is 3. The van der Waals surface area contributed by atoms with E-state index in [4.69, 9.17) is 46.9 Å². The van der Waals surface area contributed by atoms with Crippen molar-refractivity contribution < 1.29 is 67.3 Å². The molecule has 8 rings (SSSR count). The molecule has 376 valence electrons. The molecule has 2 aliphatic heterocycles. The normalized spacial score (nSPS) is 24.1. The van der Waals surface area contributed by atoms with Crippen LogP contribution in [0.5, 0.6) is 0 Å². The van der Waals surface area contributed by atoms with Crippen molar-refractivity contribution in [3.05, 3.63) is 151 Å². The zero-order valence-electron chi connectivity index (χ0n) is 38.6. The summed E-state index contributed by atoms with van der Waals surface area (Å²) in [7, 11) is 0. The van der Waals surface area contributed by atoms with E-state index in [0.717, 1.165) is 30.6 Å². The van der Waals surface area contributed by atoms with E-state index in [2.05, 4.69) is 9.97 Å². The summed E-state index contributed by atoms with van der Waals surface area (Å²) in [5.41, 5.74) is 4.16. The molecule has 2 saturated heterocycles. The van der Waals surface area contributed by atoms with Gasteiger partial charge < -0.3 is 44.1 Å². The van der Waals surface area contributed by atoms with Gasteiger partial charge in [0.1, 0.15) is 48.3 Å². The zero-order valence-corrected chi connectivity index (χ0v) is 41.8. The summed E-state index contributed by atoms with van der Waals surface area (Å²) in [6, 6.07) is 24.2. The Balaban J connectivity index is 0.000000215. The van der Waals surface area contributed by atoms with Gasteiger partial charge in [-0.05, 0) is 89.3 Å². The van der Waals surface area contributed by atoms with E-state index in [1.54, 1.807) is 42.5 Å². The number of esters is 3. The van der Waals surface area contributed by atoms with Gasteiger partial charge >= 0.3 is 17.9 Å². The number of nitrogens with zero attached hydrogens (tertiary/aromatic N) is 2. The Labute approximate surface area is 425 Å². The second kappa shape index (κ2) is 24.0. The van der Waals surface area contributed by atoms with Crippen LogP contribution < -0.4 is 0 Å². The summed E-state index contributed by atoms with van der Waals surface area (Å²) in [6.07, 6.45) is -6.92. The van der Waals surface area contributed by atoms with Gasteiger partial charge in [0.05, 0.1) is 46.2 Å². The Hall–Kier alpha value is -5.25. The van der Waals surface area contributed by atoms with E-state index in [9.17, 15) is 43.6 Å². The number of carbonyl (C=O) groups is 3. The lowest BCUT2D eigenvalue weighted by atomic mass is 9.88. The molecule has 20 heteroatoms. The first-order valence-corrected chi connectivity index (χ1v) is 24.8. The standard InChI is InChI=1S/C29H29ClFNO7S.C22H21ClFNO5S/c1-5-24-27(36-15(2)33)29(38-17(4)35)28(37-16(3)34)26(39-24)18-6-9-22(30)19(12-18)13-21-8-11-25(40-21)23-10-7-20(31)14-32-23;23-15-4-1-11(22-21(29)20(28)19(27)17(10-26)30-22)7-12(15)8-14-3-6-18(31-14)16-5-2-13(24)9-25-16/h6-12,14,24,26-29H,5,13H2,1-4H3;1-7,9,17,19-22,26-29H,8,10H2/t24-,26?,27-,28+,29+;17-,19-,20+,21-,22?/m11/s1. The summed E-state index contributed by atoms with van der Waals surface area (Å²) in [5.74, 6) is -2.60. The van der Waals surface area contributed by atoms with Gasteiger partial charge in [-0.25, -0.2) is 8.78 Å². The quantitative estimate of drug-likeness (QED) is 0.0633. The molecule has 4 N–H and O–H groups in total. The van der Waals surface area contributed by atoms with Crippen molar-refractivity contribution in [3.8, 4) is 21.1 Å². The molecule has 4 aromatic heterocycles. The minimum atomic E-state index is -1.45. The van der Waals surface area contributed by atoms with Crippen LogP contribution in [0.25, 0.3) is 21.1 Å². The SMILES string of the molecule is CC[C@H]1OC(c2ccc(Cl)c(Cc3ccc(-c4ccc(F)cn4)s3)c2)[C@H](OC(C)=O)[C@@H](OC(C)=O)[C@@H]1OC(C)=O.OC[C@H]1OC(c2ccc(Cl)c(Cc3ccc(-c4ccc(F)cn4)s3)c2)[C@H](O)[C@@H](O)[C@@H]1O. The fourth-order valence-corrected chi connectivity index (χ4v) is 10.7. The maximum atomic E-state index is 13.3. The molecular weight excluding hydrogens is 1010 g/mol. The first kappa shape index (κ1) is 53.5. The lowest BCUT2D eigenvalue weighted by molar-refractivity contribution is -0.249. The maximum Gasteiger partial charge on any atom is 0.303 e. The molecule has 0 spiro atoms. The molecule has 71 heavy (non-hydrogen) atoms. The fraction of sp³-hybridized carbons (Fsp3) is 0.353. The highest BCUT2D eigenvalue weighted by Crippen LogP contribution is 2.41. The van der Waals surface area contributed by atoms with Crippen LogP contribution in [0.2, 0.25) is 10.0 Å². The summed E-state index contributed by atoms with van der Waals surface area (Å²) < 4.78 is 55.1. The highest BCUT2D eigenvalue weighted by molar-refractivity contribution is 7.15. The van der Waals surface area contributed by atoms with Crippen LogP contribution in [0, 0.1) is 11.6 Å². The fourth-order valence-electron chi connectivity index (χ4n) is 8.32. The van der Waals surface area contributed by atoms with Gasteiger partial charge in [-0.1, -0.05) is 54.4 Å². The van der Waals surface area contributed by atoms with Crippen LogP contribution in [0.3, 0.4) is 0 Å². The molecular formula is C51H50Cl2F2N2O12S2. The van der Waals surface area contributed by atoms with E-state index in [1.165, 1.54) is 68.0 Å². The average Bonchev–Trinajstić information content (AvgIpc) is 4.01. The molecule has 0 aliphatic carbocycles. The van der Waals surface area contributed by atoms with Crippen molar-refractivity contribution in [1.29, 1.82) is 0 Å². The molecule has 2 aromatic carbocycles. The molecule has 2 unspecified atom stereocenters. The summed E-state index contributed by atoms with van der Waals surface area (Å²) >= 11 is 16.0.